The maximum absolute atomic E-state index is 13.0. The van der Waals surface area contributed by atoms with Crippen molar-refractivity contribution in [2.24, 2.45) is 0 Å². The Kier molecular flexibility index (Phi) is 5.67. The summed E-state index contributed by atoms with van der Waals surface area (Å²) >= 11 is 6.10. The van der Waals surface area contributed by atoms with Crippen LogP contribution in [0.15, 0.2) is 59.4 Å². The van der Waals surface area contributed by atoms with E-state index in [1.54, 1.807) is 24.3 Å². The first-order valence-corrected chi connectivity index (χ1v) is 10.8. The summed E-state index contributed by atoms with van der Waals surface area (Å²) in [6, 6.07) is 14.9. The minimum Gasteiger partial charge on any atom is -0.379 e. The lowest BCUT2D eigenvalue weighted by Gasteiger charge is -2.26. The number of rotatable bonds is 5. The van der Waals surface area contributed by atoms with Crippen molar-refractivity contribution in [2.75, 3.05) is 26.3 Å². The molecule has 0 unspecified atom stereocenters. The lowest BCUT2D eigenvalue weighted by molar-refractivity contribution is -0.384. The third kappa shape index (κ3) is 4.25. The number of ether oxygens (including phenoxy) is 1. The molecule has 2 aromatic carbocycles. The summed E-state index contributed by atoms with van der Waals surface area (Å²) in [4.78, 5) is 29.1. The third-order valence-corrected chi connectivity index (χ3v) is 5.94. The Morgan fingerprint density at radius 3 is 2.39 bits per heavy atom. The second kappa shape index (κ2) is 8.78. The number of benzene rings is 2. The van der Waals surface area contributed by atoms with Crippen LogP contribution >= 0.6 is 11.6 Å². The Morgan fingerprint density at radius 1 is 1.06 bits per heavy atom. The highest BCUT2D eigenvalue weighted by Gasteiger charge is 2.21. The predicted molar refractivity (Wildman–Crippen MR) is 124 cm³/mol. The quantitative estimate of drug-likeness (QED) is 0.355. The van der Waals surface area contributed by atoms with E-state index in [0.29, 0.717) is 41.7 Å². The molecule has 0 amide bonds. The van der Waals surface area contributed by atoms with Crippen molar-refractivity contribution in [1.29, 1.82) is 0 Å². The molecule has 10 heteroatoms. The van der Waals surface area contributed by atoms with E-state index in [0.717, 1.165) is 29.9 Å². The second-order valence-corrected chi connectivity index (χ2v) is 8.24. The fourth-order valence-electron chi connectivity index (χ4n) is 4.01. The number of nitrogens with zero attached hydrogens (tertiary/aromatic N) is 4. The summed E-state index contributed by atoms with van der Waals surface area (Å²) in [5, 5.41) is 16.2. The van der Waals surface area contributed by atoms with Crippen LogP contribution in [0, 0.1) is 10.1 Å². The van der Waals surface area contributed by atoms with Crippen molar-refractivity contribution in [3.8, 4) is 22.4 Å². The van der Waals surface area contributed by atoms with Gasteiger partial charge in [0.25, 0.3) is 11.2 Å². The first-order valence-electron chi connectivity index (χ1n) is 10.5. The molecule has 1 aliphatic rings. The van der Waals surface area contributed by atoms with Gasteiger partial charge in [-0.1, -0.05) is 23.7 Å². The molecule has 33 heavy (non-hydrogen) atoms. The highest BCUT2D eigenvalue weighted by Crippen LogP contribution is 2.30. The molecule has 1 saturated heterocycles. The van der Waals surface area contributed by atoms with Crippen LogP contribution < -0.4 is 5.56 Å². The zero-order valence-corrected chi connectivity index (χ0v) is 18.3. The minimum absolute atomic E-state index is 0.0128. The van der Waals surface area contributed by atoms with Gasteiger partial charge in [0.2, 0.25) is 0 Å². The molecule has 1 N–H and O–H groups in total. The molecule has 1 aliphatic heterocycles. The topological polar surface area (TPSA) is 106 Å². The Morgan fingerprint density at radius 2 is 1.73 bits per heavy atom. The van der Waals surface area contributed by atoms with Gasteiger partial charge in [-0.25, -0.2) is 0 Å². The van der Waals surface area contributed by atoms with Gasteiger partial charge in [-0.2, -0.15) is 9.61 Å². The maximum Gasteiger partial charge on any atom is 0.274 e. The normalized spacial score (nSPS) is 14.6. The van der Waals surface area contributed by atoms with Crippen molar-refractivity contribution in [3.63, 3.8) is 0 Å². The van der Waals surface area contributed by atoms with E-state index in [2.05, 4.69) is 15.0 Å². The number of morpholine rings is 1. The van der Waals surface area contributed by atoms with E-state index in [-0.39, 0.29) is 11.2 Å². The van der Waals surface area contributed by atoms with Crippen LogP contribution in [0.3, 0.4) is 0 Å². The summed E-state index contributed by atoms with van der Waals surface area (Å²) < 4.78 is 6.82. The molecule has 0 aliphatic carbocycles. The number of nitro benzene ring substituents is 1. The summed E-state index contributed by atoms with van der Waals surface area (Å²) in [5.41, 5.74) is 3.94. The van der Waals surface area contributed by atoms with Gasteiger partial charge >= 0.3 is 0 Å². The van der Waals surface area contributed by atoms with Crippen molar-refractivity contribution in [1.82, 2.24) is 19.5 Å². The van der Waals surface area contributed by atoms with Crippen molar-refractivity contribution >= 4 is 22.9 Å². The first kappa shape index (κ1) is 21.3. The van der Waals surface area contributed by atoms with E-state index < -0.39 is 4.92 Å². The lowest BCUT2D eigenvalue weighted by Crippen LogP contribution is -2.35. The number of H-pyrrole nitrogens is 1. The number of aromatic amines is 1. The summed E-state index contributed by atoms with van der Waals surface area (Å²) in [7, 11) is 0. The molecular formula is C23H20ClN5O4. The average Bonchev–Trinajstić information content (AvgIpc) is 3.19. The van der Waals surface area contributed by atoms with E-state index in [4.69, 9.17) is 16.3 Å². The highest BCUT2D eigenvalue weighted by atomic mass is 35.5. The fraction of sp³-hybridized carbons (Fsp3) is 0.217. The standard InChI is InChI=1S/C23H20ClN5O4/c24-17-5-1-16(2-6-17)22-20(14-27-9-11-33-12-10-27)26-28-21(30)13-19(25-23(22)28)15-3-7-18(8-4-15)29(31)32/h1-8,13,25H,9-12,14H2. The van der Waals surface area contributed by atoms with Crippen LogP contribution in [0.5, 0.6) is 0 Å². The predicted octanol–water partition coefficient (Wildman–Crippen LogP) is 3.75. The Labute approximate surface area is 193 Å². The van der Waals surface area contributed by atoms with Crippen LogP contribution in [0.1, 0.15) is 5.69 Å². The number of hydrogen-bond acceptors (Lipinski definition) is 6. The summed E-state index contributed by atoms with van der Waals surface area (Å²) in [6.07, 6.45) is 0. The van der Waals surface area contributed by atoms with Crippen LogP contribution in [0.2, 0.25) is 5.02 Å². The molecule has 0 atom stereocenters. The maximum atomic E-state index is 13.0. The van der Waals surface area contributed by atoms with Gasteiger partial charge < -0.3 is 9.72 Å². The smallest absolute Gasteiger partial charge is 0.274 e. The summed E-state index contributed by atoms with van der Waals surface area (Å²) in [6.45, 7) is 3.47. The molecule has 3 heterocycles. The number of fused-ring (bicyclic) bond motifs is 1. The SMILES string of the molecule is O=c1cc(-c2ccc([N+](=O)[O-])cc2)[nH]c2c(-c3ccc(Cl)cc3)c(CN3CCOCC3)nn12. The van der Waals surface area contributed by atoms with Gasteiger partial charge in [0.15, 0.2) is 0 Å². The molecule has 5 rings (SSSR count). The van der Waals surface area contributed by atoms with Crippen molar-refractivity contribution in [3.05, 3.63) is 85.8 Å². The largest absolute Gasteiger partial charge is 0.379 e. The average molecular weight is 466 g/mol. The molecule has 0 bridgehead atoms. The van der Waals surface area contributed by atoms with Crippen LogP contribution in [0.25, 0.3) is 28.0 Å². The number of nitro groups is 1. The number of non-ortho nitro benzene ring substituents is 1. The van der Waals surface area contributed by atoms with Crippen molar-refractivity contribution in [2.45, 2.75) is 6.54 Å². The van der Waals surface area contributed by atoms with Gasteiger partial charge in [0.05, 0.1) is 29.5 Å². The fourth-order valence-corrected chi connectivity index (χ4v) is 4.13. The Hall–Kier alpha value is -3.53. The zero-order chi connectivity index (χ0) is 22.9. The van der Waals surface area contributed by atoms with E-state index in [1.807, 2.05) is 12.1 Å². The van der Waals surface area contributed by atoms with Gasteiger partial charge in [-0.15, -0.1) is 0 Å². The first-order chi connectivity index (χ1) is 16.0. The second-order valence-electron chi connectivity index (χ2n) is 7.80. The van der Waals surface area contributed by atoms with E-state index in [9.17, 15) is 14.9 Å². The van der Waals surface area contributed by atoms with Gasteiger partial charge in [0.1, 0.15) is 5.65 Å². The number of aromatic nitrogens is 3. The molecule has 168 valence electrons. The zero-order valence-electron chi connectivity index (χ0n) is 17.5. The van der Waals surface area contributed by atoms with Crippen LogP contribution in [-0.4, -0.2) is 50.7 Å². The van der Waals surface area contributed by atoms with Gasteiger partial charge in [0, 0.05) is 48.4 Å². The van der Waals surface area contributed by atoms with E-state index >= 15 is 0 Å². The van der Waals surface area contributed by atoms with Gasteiger partial charge in [-0.05, 0) is 35.4 Å². The highest BCUT2D eigenvalue weighted by molar-refractivity contribution is 6.30. The molecule has 0 saturated carbocycles. The summed E-state index contributed by atoms with van der Waals surface area (Å²) in [5.74, 6) is 0. The molecule has 1 fully saturated rings. The van der Waals surface area contributed by atoms with Crippen LogP contribution in [0.4, 0.5) is 5.69 Å². The molecule has 9 nitrogen and oxygen atoms in total. The van der Waals surface area contributed by atoms with Crippen LogP contribution in [-0.2, 0) is 11.3 Å². The number of hydrogen-bond donors (Lipinski definition) is 1. The minimum atomic E-state index is -0.455. The Balaban J connectivity index is 1.66. The number of halogens is 1. The Bertz CT molecular complexity index is 1370. The molecule has 2 aromatic heterocycles. The van der Waals surface area contributed by atoms with Gasteiger partial charge in [-0.3, -0.25) is 19.8 Å². The molecular weight excluding hydrogens is 446 g/mol. The lowest BCUT2D eigenvalue weighted by atomic mass is 10.0. The van der Waals surface area contributed by atoms with Crippen molar-refractivity contribution < 1.29 is 9.66 Å². The number of nitrogens with one attached hydrogen (secondary N) is 1. The molecule has 0 radical (unpaired) electrons. The third-order valence-electron chi connectivity index (χ3n) is 5.69. The monoisotopic (exact) mass is 465 g/mol. The van der Waals surface area contributed by atoms with E-state index in [1.165, 1.54) is 22.7 Å². The molecule has 0 spiro atoms. The molecule has 4 aromatic rings.